The third-order valence-corrected chi connectivity index (χ3v) is 2.36. The summed E-state index contributed by atoms with van der Waals surface area (Å²) in [5.41, 5.74) is 0.855. The van der Waals surface area contributed by atoms with Crippen LogP contribution in [-0.4, -0.2) is 24.8 Å². The van der Waals surface area contributed by atoms with Gasteiger partial charge in [-0.15, -0.1) is 0 Å². The molecule has 5 heteroatoms. The van der Waals surface area contributed by atoms with Crippen molar-refractivity contribution in [2.24, 2.45) is 0 Å². The second-order valence-electron chi connectivity index (χ2n) is 3.33. The molecule has 1 aromatic carbocycles. The molecule has 2 rings (SSSR count). The maximum absolute atomic E-state index is 11.0. The molecule has 1 aromatic rings. The van der Waals surface area contributed by atoms with Gasteiger partial charge in [0.25, 0.3) is 0 Å². The maximum Gasteiger partial charge on any atom is 0.315 e. The molecule has 1 atom stereocenters. The summed E-state index contributed by atoms with van der Waals surface area (Å²) in [4.78, 5) is 11.0. The van der Waals surface area contributed by atoms with Gasteiger partial charge in [-0.25, -0.2) is 4.79 Å². The van der Waals surface area contributed by atoms with Crippen LogP contribution in [0.4, 0.5) is 4.79 Å². The molecule has 1 fully saturated rings. The fourth-order valence-corrected chi connectivity index (χ4v) is 1.63. The number of hydrogen-bond acceptors (Lipinski definition) is 3. The number of carbonyl (C=O) groups is 1. The van der Waals surface area contributed by atoms with Crippen molar-refractivity contribution in [1.82, 2.24) is 10.6 Å². The van der Waals surface area contributed by atoms with Gasteiger partial charge in [-0.05, 0) is 12.1 Å². The Balaban J connectivity index is 2.31. The Kier molecular flexibility index (Phi) is 2.37. The van der Waals surface area contributed by atoms with Crippen LogP contribution in [0.5, 0.6) is 11.5 Å². The number of methoxy groups -OCH3 is 1. The number of phenols is 1. The van der Waals surface area contributed by atoms with Crippen molar-refractivity contribution in [1.29, 1.82) is 0 Å². The first-order chi connectivity index (χ1) is 7.20. The number of benzene rings is 1. The Labute approximate surface area is 87.1 Å². The van der Waals surface area contributed by atoms with E-state index < -0.39 is 0 Å². The van der Waals surface area contributed by atoms with Crippen LogP contribution in [0.1, 0.15) is 11.6 Å². The Morgan fingerprint density at radius 1 is 1.53 bits per heavy atom. The fourth-order valence-electron chi connectivity index (χ4n) is 1.63. The Morgan fingerprint density at radius 3 is 2.93 bits per heavy atom. The van der Waals surface area contributed by atoms with Gasteiger partial charge in [0, 0.05) is 18.2 Å². The van der Waals surface area contributed by atoms with Crippen LogP contribution < -0.4 is 15.4 Å². The molecule has 0 unspecified atom stereocenters. The number of rotatable bonds is 2. The van der Waals surface area contributed by atoms with Crippen LogP contribution >= 0.6 is 0 Å². The highest BCUT2D eigenvalue weighted by atomic mass is 16.5. The lowest BCUT2D eigenvalue weighted by Gasteiger charge is -2.13. The van der Waals surface area contributed by atoms with E-state index in [0.717, 1.165) is 5.56 Å². The zero-order chi connectivity index (χ0) is 10.8. The van der Waals surface area contributed by atoms with E-state index in [1.807, 2.05) is 0 Å². The first kappa shape index (κ1) is 9.64. The Bertz CT molecular complexity index is 392. The molecule has 0 aromatic heterocycles. The summed E-state index contributed by atoms with van der Waals surface area (Å²) in [6.07, 6.45) is 0. The molecule has 5 nitrogen and oxygen atoms in total. The summed E-state index contributed by atoms with van der Waals surface area (Å²) in [6, 6.07) is 4.55. The number of aromatic hydroxyl groups is 1. The van der Waals surface area contributed by atoms with Crippen molar-refractivity contribution >= 4 is 6.03 Å². The van der Waals surface area contributed by atoms with Gasteiger partial charge in [0.15, 0.2) is 0 Å². The molecule has 1 aliphatic heterocycles. The van der Waals surface area contributed by atoms with Gasteiger partial charge in [0.1, 0.15) is 11.5 Å². The highest BCUT2D eigenvalue weighted by molar-refractivity contribution is 5.77. The second kappa shape index (κ2) is 3.68. The number of phenolic OH excluding ortho intramolecular Hbond substituents is 1. The lowest BCUT2D eigenvalue weighted by Crippen LogP contribution is -2.21. The smallest absolute Gasteiger partial charge is 0.315 e. The number of nitrogens with one attached hydrogen (secondary N) is 2. The molecule has 0 aliphatic carbocycles. The molecule has 1 aliphatic rings. The SMILES string of the molecule is COc1cc(O)ccc1[C@@H]1CNC(=O)N1. The number of ether oxygens (including phenoxy) is 1. The first-order valence-electron chi connectivity index (χ1n) is 4.62. The van der Waals surface area contributed by atoms with Crippen LogP contribution in [0.25, 0.3) is 0 Å². The summed E-state index contributed by atoms with van der Waals surface area (Å²) in [5, 5.41) is 14.7. The summed E-state index contributed by atoms with van der Waals surface area (Å²) in [5.74, 6) is 0.719. The number of urea groups is 1. The zero-order valence-electron chi connectivity index (χ0n) is 8.28. The normalized spacial score (nSPS) is 19.5. The van der Waals surface area contributed by atoms with Gasteiger partial charge >= 0.3 is 6.03 Å². The molecule has 15 heavy (non-hydrogen) atoms. The summed E-state index contributed by atoms with van der Waals surface area (Å²) in [7, 11) is 1.53. The van der Waals surface area contributed by atoms with Gasteiger partial charge in [-0.2, -0.15) is 0 Å². The van der Waals surface area contributed by atoms with E-state index in [2.05, 4.69) is 10.6 Å². The van der Waals surface area contributed by atoms with Crippen molar-refractivity contribution in [3.8, 4) is 11.5 Å². The minimum absolute atomic E-state index is 0.104. The molecule has 1 heterocycles. The van der Waals surface area contributed by atoms with Gasteiger partial charge in [-0.1, -0.05) is 0 Å². The topological polar surface area (TPSA) is 70.6 Å². The summed E-state index contributed by atoms with van der Waals surface area (Å²) >= 11 is 0. The average Bonchev–Trinajstić information content (AvgIpc) is 2.64. The van der Waals surface area contributed by atoms with E-state index >= 15 is 0 Å². The molecule has 0 spiro atoms. The largest absolute Gasteiger partial charge is 0.508 e. The van der Waals surface area contributed by atoms with E-state index in [-0.39, 0.29) is 17.8 Å². The summed E-state index contributed by atoms with van der Waals surface area (Å²) in [6.45, 7) is 0.528. The molecule has 3 N–H and O–H groups in total. The molecule has 2 amide bonds. The quantitative estimate of drug-likeness (QED) is 0.671. The second-order valence-corrected chi connectivity index (χ2v) is 3.33. The molecule has 0 saturated carbocycles. The van der Waals surface area contributed by atoms with Gasteiger partial charge in [-0.3, -0.25) is 0 Å². The maximum atomic E-state index is 11.0. The predicted octanol–water partition coefficient (Wildman–Crippen LogP) is 0.755. The van der Waals surface area contributed by atoms with Crippen LogP contribution in [0.15, 0.2) is 18.2 Å². The molecular formula is C10H12N2O3. The van der Waals surface area contributed by atoms with E-state index in [1.54, 1.807) is 12.1 Å². The predicted molar refractivity (Wildman–Crippen MR) is 53.9 cm³/mol. The molecular weight excluding hydrogens is 196 g/mol. The fraction of sp³-hybridized carbons (Fsp3) is 0.300. The zero-order valence-corrected chi connectivity index (χ0v) is 8.28. The standard InChI is InChI=1S/C10H12N2O3/c1-15-9-4-6(13)2-3-7(9)8-5-11-10(14)12-8/h2-4,8,13H,5H2,1H3,(H2,11,12,14)/t8-/m0/s1. The van der Waals surface area contributed by atoms with E-state index in [0.29, 0.717) is 12.3 Å². The number of carbonyl (C=O) groups excluding carboxylic acids is 1. The first-order valence-corrected chi connectivity index (χ1v) is 4.62. The Hall–Kier alpha value is -1.91. The highest BCUT2D eigenvalue weighted by Crippen LogP contribution is 2.29. The lowest BCUT2D eigenvalue weighted by molar-refractivity contribution is 0.247. The van der Waals surface area contributed by atoms with E-state index in [1.165, 1.54) is 13.2 Å². The van der Waals surface area contributed by atoms with Crippen molar-refractivity contribution in [2.45, 2.75) is 6.04 Å². The minimum Gasteiger partial charge on any atom is -0.508 e. The number of hydrogen-bond donors (Lipinski definition) is 3. The van der Waals surface area contributed by atoms with Crippen molar-refractivity contribution in [2.75, 3.05) is 13.7 Å². The van der Waals surface area contributed by atoms with Crippen molar-refractivity contribution in [3.63, 3.8) is 0 Å². The van der Waals surface area contributed by atoms with Crippen LogP contribution in [0.2, 0.25) is 0 Å². The van der Waals surface area contributed by atoms with Gasteiger partial charge in [0.05, 0.1) is 13.2 Å². The monoisotopic (exact) mass is 208 g/mol. The van der Waals surface area contributed by atoms with E-state index in [9.17, 15) is 9.90 Å². The van der Waals surface area contributed by atoms with Gasteiger partial charge in [0.2, 0.25) is 0 Å². The van der Waals surface area contributed by atoms with Crippen LogP contribution in [-0.2, 0) is 0 Å². The third-order valence-electron chi connectivity index (χ3n) is 2.36. The van der Waals surface area contributed by atoms with Crippen molar-refractivity contribution in [3.05, 3.63) is 23.8 Å². The highest BCUT2D eigenvalue weighted by Gasteiger charge is 2.24. The molecule has 0 radical (unpaired) electrons. The lowest BCUT2D eigenvalue weighted by atomic mass is 10.1. The number of amides is 2. The van der Waals surface area contributed by atoms with E-state index in [4.69, 9.17) is 4.74 Å². The Morgan fingerprint density at radius 2 is 2.33 bits per heavy atom. The third kappa shape index (κ3) is 1.81. The summed E-state index contributed by atoms with van der Waals surface area (Å²) < 4.78 is 5.13. The average molecular weight is 208 g/mol. The molecule has 80 valence electrons. The van der Waals surface area contributed by atoms with Crippen molar-refractivity contribution < 1.29 is 14.6 Å². The molecule has 0 bridgehead atoms. The van der Waals surface area contributed by atoms with Crippen LogP contribution in [0.3, 0.4) is 0 Å². The van der Waals surface area contributed by atoms with Crippen LogP contribution in [0, 0.1) is 0 Å². The minimum atomic E-state index is -0.185. The molecule has 1 saturated heterocycles. The van der Waals surface area contributed by atoms with Gasteiger partial charge < -0.3 is 20.5 Å².